The van der Waals surface area contributed by atoms with Crippen LogP contribution in [0.25, 0.3) is 4.96 Å². The van der Waals surface area contributed by atoms with Gasteiger partial charge in [0.05, 0.1) is 5.69 Å². The Labute approximate surface area is 124 Å². The second-order valence-electron chi connectivity index (χ2n) is 5.68. The number of thiazole rings is 1. The molecule has 5 nitrogen and oxygen atoms in total. The average Bonchev–Trinajstić information content (AvgIpc) is 3.02. The predicted octanol–water partition coefficient (Wildman–Crippen LogP) is 1.43. The van der Waals surface area contributed by atoms with E-state index in [0.29, 0.717) is 12.6 Å². The van der Waals surface area contributed by atoms with Crippen molar-refractivity contribution in [2.75, 3.05) is 38.6 Å². The van der Waals surface area contributed by atoms with E-state index < -0.39 is 0 Å². The fourth-order valence-electron chi connectivity index (χ4n) is 3.01. The fraction of sp³-hybridized carbons (Fsp3) is 0.643. The molecule has 0 aliphatic carbocycles. The molecule has 110 valence electrons. The minimum atomic E-state index is 0.620. The number of nitrogens with zero attached hydrogens (tertiary/aromatic N) is 4. The zero-order chi connectivity index (χ0) is 14.1. The highest BCUT2D eigenvalue weighted by Gasteiger charge is 2.25. The summed E-state index contributed by atoms with van der Waals surface area (Å²) >= 11 is 1.69. The molecular formula is C14H23N5S. The van der Waals surface area contributed by atoms with Gasteiger partial charge in [-0.1, -0.05) is 0 Å². The molecule has 20 heavy (non-hydrogen) atoms. The molecule has 6 heteroatoms. The summed E-state index contributed by atoms with van der Waals surface area (Å²) in [5, 5.41) is 2.09. The molecule has 2 N–H and O–H groups in total. The Balaban J connectivity index is 1.92. The number of piperidine rings is 1. The van der Waals surface area contributed by atoms with E-state index in [0.717, 1.165) is 30.3 Å². The van der Waals surface area contributed by atoms with Gasteiger partial charge in [-0.2, -0.15) is 0 Å². The topological polar surface area (TPSA) is 49.8 Å². The van der Waals surface area contributed by atoms with E-state index in [1.165, 1.54) is 18.5 Å². The van der Waals surface area contributed by atoms with Crippen LogP contribution in [0.3, 0.4) is 0 Å². The van der Waals surface area contributed by atoms with Crippen LogP contribution in [0.4, 0.5) is 5.82 Å². The first-order valence-corrected chi connectivity index (χ1v) is 8.14. The normalized spacial score (nSPS) is 20.2. The Bertz CT molecular complexity index is 573. The van der Waals surface area contributed by atoms with E-state index in [1.807, 2.05) is 0 Å². The molecule has 3 heterocycles. The van der Waals surface area contributed by atoms with Crippen LogP contribution in [0.15, 0.2) is 11.6 Å². The SMILES string of the molecule is CN(C)C1CCCN(c2nc3sccn3c2CCN)C1. The van der Waals surface area contributed by atoms with E-state index in [-0.39, 0.29) is 0 Å². The summed E-state index contributed by atoms with van der Waals surface area (Å²) in [7, 11) is 4.33. The van der Waals surface area contributed by atoms with E-state index in [2.05, 4.69) is 39.9 Å². The lowest BCUT2D eigenvalue weighted by Gasteiger charge is -2.36. The predicted molar refractivity (Wildman–Crippen MR) is 84.7 cm³/mol. The van der Waals surface area contributed by atoms with Gasteiger partial charge in [0.15, 0.2) is 10.8 Å². The minimum Gasteiger partial charge on any atom is -0.353 e. The number of imidazole rings is 1. The van der Waals surface area contributed by atoms with Gasteiger partial charge < -0.3 is 15.5 Å². The summed E-state index contributed by atoms with van der Waals surface area (Å²) in [5.74, 6) is 1.15. The Kier molecular flexibility index (Phi) is 3.96. The number of likely N-dealkylation sites (N-methyl/N-ethyl adjacent to an activating group) is 1. The number of nitrogens with two attached hydrogens (primary N) is 1. The molecule has 1 aliphatic rings. The van der Waals surface area contributed by atoms with Gasteiger partial charge in [0.2, 0.25) is 0 Å². The van der Waals surface area contributed by atoms with Crippen molar-refractivity contribution in [1.82, 2.24) is 14.3 Å². The van der Waals surface area contributed by atoms with Crippen LogP contribution in [-0.2, 0) is 6.42 Å². The molecule has 0 bridgehead atoms. The summed E-state index contributed by atoms with van der Waals surface area (Å²) in [4.78, 5) is 10.7. The molecule has 1 saturated heterocycles. The van der Waals surface area contributed by atoms with Crippen molar-refractivity contribution in [3.63, 3.8) is 0 Å². The van der Waals surface area contributed by atoms with Crippen LogP contribution < -0.4 is 10.6 Å². The van der Waals surface area contributed by atoms with Crippen molar-refractivity contribution in [3.05, 3.63) is 17.3 Å². The average molecular weight is 293 g/mol. The van der Waals surface area contributed by atoms with Crippen LogP contribution in [-0.4, -0.2) is 54.1 Å². The Morgan fingerprint density at radius 3 is 3.10 bits per heavy atom. The Morgan fingerprint density at radius 1 is 1.50 bits per heavy atom. The number of fused-ring (bicyclic) bond motifs is 1. The van der Waals surface area contributed by atoms with Crippen molar-refractivity contribution < 1.29 is 0 Å². The van der Waals surface area contributed by atoms with Gasteiger partial charge >= 0.3 is 0 Å². The largest absolute Gasteiger partial charge is 0.353 e. The Morgan fingerprint density at radius 2 is 2.35 bits per heavy atom. The van der Waals surface area contributed by atoms with Crippen LogP contribution in [0.5, 0.6) is 0 Å². The summed E-state index contributed by atoms with van der Waals surface area (Å²) in [6.07, 6.45) is 5.50. The third-order valence-electron chi connectivity index (χ3n) is 4.15. The number of aromatic nitrogens is 2. The zero-order valence-electron chi connectivity index (χ0n) is 12.2. The van der Waals surface area contributed by atoms with Crippen LogP contribution in [0.1, 0.15) is 18.5 Å². The van der Waals surface area contributed by atoms with Crippen LogP contribution in [0.2, 0.25) is 0 Å². The lowest BCUT2D eigenvalue weighted by molar-refractivity contribution is 0.257. The number of hydrogen-bond donors (Lipinski definition) is 1. The summed E-state index contributed by atoms with van der Waals surface area (Å²) in [6, 6.07) is 0.620. The summed E-state index contributed by atoms with van der Waals surface area (Å²) in [6.45, 7) is 2.84. The van der Waals surface area contributed by atoms with Crippen molar-refractivity contribution in [3.8, 4) is 0 Å². The number of rotatable bonds is 4. The maximum absolute atomic E-state index is 5.79. The second kappa shape index (κ2) is 5.71. The quantitative estimate of drug-likeness (QED) is 0.926. The van der Waals surface area contributed by atoms with Crippen LogP contribution in [0, 0.1) is 0 Å². The van der Waals surface area contributed by atoms with Gasteiger partial charge in [0.25, 0.3) is 0 Å². The van der Waals surface area contributed by atoms with Gasteiger partial charge in [-0.05, 0) is 33.5 Å². The van der Waals surface area contributed by atoms with Gasteiger partial charge in [-0.15, -0.1) is 11.3 Å². The highest BCUT2D eigenvalue weighted by atomic mass is 32.1. The first kappa shape index (κ1) is 13.9. The molecule has 1 atom stereocenters. The lowest BCUT2D eigenvalue weighted by atomic mass is 10.0. The third kappa shape index (κ3) is 2.43. The molecule has 2 aromatic heterocycles. The second-order valence-corrected chi connectivity index (χ2v) is 6.56. The van der Waals surface area contributed by atoms with Crippen molar-refractivity contribution in [2.45, 2.75) is 25.3 Å². The minimum absolute atomic E-state index is 0.620. The van der Waals surface area contributed by atoms with Gasteiger partial charge in [-0.3, -0.25) is 4.40 Å². The van der Waals surface area contributed by atoms with Crippen molar-refractivity contribution in [2.24, 2.45) is 5.73 Å². The molecule has 0 amide bonds. The number of hydrogen-bond acceptors (Lipinski definition) is 5. The maximum atomic E-state index is 5.79. The molecule has 0 radical (unpaired) electrons. The highest BCUT2D eigenvalue weighted by molar-refractivity contribution is 7.15. The summed E-state index contributed by atoms with van der Waals surface area (Å²) < 4.78 is 2.20. The van der Waals surface area contributed by atoms with Crippen molar-refractivity contribution >= 4 is 22.1 Å². The van der Waals surface area contributed by atoms with Crippen LogP contribution >= 0.6 is 11.3 Å². The smallest absolute Gasteiger partial charge is 0.195 e. The van der Waals surface area contributed by atoms with Gasteiger partial charge in [-0.25, -0.2) is 4.98 Å². The first-order chi connectivity index (χ1) is 9.70. The van der Waals surface area contributed by atoms with E-state index in [9.17, 15) is 0 Å². The lowest BCUT2D eigenvalue weighted by Crippen LogP contribution is -2.45. The monoisotopic (exact) mass is 293 g/mol. The molecule has 1 fully saturated rings. The molecule has 0 spiro atoms. The van der Waals surface area contributed by atoms with Gasteiger partial charge in [0.1, 0.15) is 0 Å². The van der Waals surface area contributed by atoms with E-state index in [1.54, 1.807) is 11.3 Å². The molecular weight excluding hydrogens is 270 g/mol. The van der Waals surface area contributed by atoms with E-state index in [4.69, 9.17) is 10.7 Å². The fourth-order valence-corrected chi connectivity index (χ4v) is 3.74. The highest BCUT2D eigenvalue weighted by Crippen LogP contribution is 2.28. The molecule has 3 rings (SSSR count). The van der Waals surface area contributed by atoms with E-state index >= 15 is 0 Å². The molecule has 1 unspecified atom stereocenters. The molecule has 0 aromatic carbocycles. The standard InChI is InChI=1S/C14H23N5S/c1-17(2)11-4-3-7-18(10-11)13-12(5-6-15)19-8-9-20-14(19)16-13/h8-9,11H,3-7,10,15H2,1-2H3. The maximum Gasteiger partial charge on any atom is 0.195 e. The number of anilines is 1. The van der Waals surface area contributed by atoms with Crippen molar-refractivity contribution in [1.29, 1.82) is 0 Å². The molecule has 1 aliphatic heterocycles. The molecule has 2 aromatic rings. The first-order valence-electron chi connectivity index (χ1n) is 7.26. The van der Waals surface area contributed by atoms with Gasteiger partial charge in [0, 0.05) is 37.1 Å². The zero-order valence-corrected chi connectivity index (χ0v) is 13.1. The Hall–Kier alpha value is -1.11. The summed E-state index contributed by atoms with van der Waals surface area (Å²) in [5.41, 5.74) is 7.06. The molecule has 0 saturated carbocycles. The third-order valence-corrected chi connectivity index (χ3v) is 4.90.